The number of rotatable bonds is 10. The molecule has 1 saturated carbocycles. The van der Waals surface area contributed by atoms with Crippen LogP contribution in [0.3, 0.4) is 0 Å². The lowest BCUT2D eigenvalue weighted by molar-refractivity contribution is -0.122. The van der Waals surface area contributed by atoms with E-state index in [9.17, 15) is 9.59 Å². The van der Waals surface area contributed by atoms with Gasteiger partial charge in [-0.3, -0.25) is 9.79 Å². The quantitative estimate of drug-likeness (QED) is 0.172. The van der Waals surface area contributed by atoms with Crippen molar-refractivity contribution in [1.82, 2.24) is 20.9 Å². The van der Waals surface area contributed by atoms with Crippen LogP contribution in [0.15, 0.2) is 4.99 Å². The topological polar surface area (TPSA) is 95.1 Å². The van der Waals surface area contributed by atoms with E-state index in [2.05, 4.69) is 39.7 Å². The Kier molecular flexibility index (Phi) is 13.3. The van der Waals surface area contributed by atoms with Gasteiger partial charge in [-0.25, -0.2) is 4.79 Å². The van der Waals surface area contributed by atoms with Gasteiger partial charge in [-0.05, 0) is 52.9 Å². The van der Waals surface area contributed by atoms with Crippen LogP contribution < -0.4 is 16.0 Å². The number of carbonyl (C=O) groups is 2. The third-order valence-corrected chi connectivity index (χ3v) is 4.60. The van der Waals surface area contributed by atoms with E-state index in [1.807, 2.05) is 34.7 Å². The molecule has 0 radical (unpaired) electrons. The van der Waals surface area contributed by atoms with E-state index in [0.717, 1.165) is 38.3 Å². The van der Waals surface area contributed by atoms with Crippen molar-refractivity contribution in [3.8, 4) is 0 Å². The molecule has 3 N–H and O–H groups in total. The van der Waals surface area contributed by atoms with Gasteiger partial charge in [0.1, 0.15) is 5.60 Å². The largest absolute Gasteiger partial charge is 0.444 e. The molecule has 176 valence electrons. The first-order valence-electron chi connectivity index (χ1n) is 10.8. The number of nitrogens with zero attached hydrogens (tertiary/aromatic N) is 2. The van der Waals surface area contributed by atoms with Gasteiger partial charge in [-0.15, -0.1) is 24.0 Å². The number of guanidine groups is 1. The number of hydrogen-bond acceptors (Lipinski definition) is 4. The van der Waals surface area contributed by atoms with Crippen LogP contribution in [-0.4, -0.2) is 67.7 Å². The Morgan fingerprint density at radius 3 is 2.33 bits per heavy atom. The Hall–Kier alpha value is -1.26. The zero-order valence-corrected chi connectivity index (χ0v) is 22.0. The molecule has 0 spiro atoms. The van der Waals surface area contributed by atoms with Crippen molar-refractivity contribution in [3.63, 3.8) is 0 Å². The van der Waals surface area contributed by atoms with Crippen LogP contribution in [0.1, 0.15) is 60.8 Å². The summed E-state index contributed by atoms with van der Waals surface area (Å²) in [6.07, 6.45) is 2.41. The summed E-state index contributed by atoms with van der Waals surface area (Å²) in [6.45, 7) is 14.4. The van der Waals surface area contributed by atoms with Gasteiger partial charge in [0.05, 0.1) is 6.54 Å². The molecule has 30 heavy (non-hydrogen) atoms. The fourth-order valence-corrected chi connectivity index (χ4v) is 2.77. The molecule has 2 amide bonds. The number of hydrogen-bond donors (Lipinski definition) is 3. The summed E-state index contributed by atoms with van der Waals surface area (Å²) in [4.78, 5) is 30.5. The molecule has 0 bridgehead atoms. The molecule has 0 aromatic carbocycles. The average Bonchev–Trinajstić information content (AvgIpc) is 3.44. The summed E-state index contributed by atoms with van der Waals surface area (Å²) in [5, 5.41) is 9.20. The van der Waals surface area contributed by atoms with Crippen molar-refractivity contribution in [1.29, 1.82) is 0 Å². The Bertz CT molecular complexity index is 559. The minimum Gasteiger partial charge on any atom is -0.444 e. The average molecular weight is 540 g/mol. The van der Waals surface area contributed by atoms with Gasteiger partial charge in [0.25, 0.3) is 0 Å². The first-order chi connectivity index (χ1) is 13.5. The van der Waals surface area contributed by atoms with E-state index in [1.54, 1.807) is 0 Å². The normalized spacial score (nSPS) is 15.1. The fraction of sp³-hybridized carbons (Fsp3) is 0.857. The molecule has 1 aliphatic carbocycles. The Balaban J connectivity index is 0.00000841. The Morgan fingerprint density at radius 2 is 1.83 bits per heavy atom. The lowest BCUT2D eigenvalue weighted by atomic mass is 10.0. The predicted octanol–water partition coefficient (Wildman–Crippen LogP) is 2.97. The summed E-state index contributed by atoms with van der Waals surface area (Å²) in [7, 11) is 1.98. The van der Waals surface area contributed by atoms with Crippen LogP contribution in [0.25, 0.3) is 0 Å². The maximum absolute atomic E-state index is 12.1. The predicted molar refractivity (Wildman–Crippen MR) is 132 cm³/mol. The van der Waals surface area contributed by atoms with Gasteiger partial charge in [0.15, 0.2) is 5.96 Å². The summed E-state index contributed by atoms with van der Waals surface area (Å²) >= 11 is 0. The number of halogens is 1. The first-order valence-corrected chi connectivity index (χ1v) is 10.8. The second-order valence-electron chi connectivity index (χ2n) is 9.01. The lowest BCUT2D eigenvalue weighted by Gasteiger charge is -2.28. The zero-order valence-electron chi connectivity index (χ0n) is 19.7. The third kappa shape index (κ3) is 12.4. The second kappa shape index (κ2) is 13.9. The van der Waals surface area contributed by atoms with Crippen molar-refractivity contribution in [2.75, 3.05) is 33.2 Å². The number of alkyl carbamates (subject to hydrolysis) is 1. The number of ether oxygens (including phenoxy) is 1. The van der Waals surface area contributed by atoms with E-state index in [1.165, 1.54) is 0 Å². The minimum absolute atomic E-state index is 0. The molecule has 9 heteroatoms. The van der Waals surface area contributed by atoms with E-state index >= 15 is 0 Å². The van der Waals surface area contributed by atoms with E-state index in [0.29, 0.717) is 13.1 Å². The molecular weight excluding hydrogens is 497 g/mol. The molecule has 1 unspecified atom stereocenters. The van der Waals surface area contributed by atoms with Crippen molar-refractivity contribution >= 4 is 41.9 Å². The van der Waals surface area contributed by atoms with Crippen LogP contribution >= 0.6 is 24.0 Å². The molecule has 1 rings (SSSR count). The van der Waals surface area contributed by atoms with Gasteiger partial charge < -0.3 is 25.6 Å². The highest BCUT2D eigenvalue weighted by Crippen LogP contribution is 2.28. The summed E-state index contributed by atoms with van der Waals surface area (Å²) in [5.74, 6) is 1.45. The summed E-state index contributed by atoms with van der Waals surface area (Å²) in [5.41, 5.74) is -0.512. The molecule has 1 fully saturated rings. The molecule has 0 heterocycles. The molecule has 0 aromatic rings. The van der Waals surface area contributed by atoms with E-state index in [-0.39, 0.29) is 53.9 Å². The molecule has 8 nitrogen and oxygen atoms in total. The summed E-state index contributed by atoms with van der Waals surface area (Å²) < 4.78 is 5.38. The smallest absolute Gasteiger partial charge is 0.407 e. The number of nitrogens with one attached hydrogen (secondary N) is 3. The summed E-state index contributed by atoms with van der Waals surface area (Å²) in [6, 6.07) is 0.00741. The van der Waals surface area contributed by atoms with E-state index in [4.69, 9.17) is 4.74 Å². The third-order valence-electron chi connectivity index (χ3n) is 4.60. The molecule has 1 atom stereocenters. The van der Waals surface area contributed by atoms with Crippen LogP contribution in [0.4, 0.5) is 4.79 Å². The molecule has 1 aliphatic rings. The van der Waals surface area contributed by atoms with Crippen molar-refractivity contribution in [2.45, 2.75) is 72.4 Å². The molecule has 0 aromatic heterocycles. The molecule has 0 saturated heterocycles. The number of aliphatic imine (C=N–C) groups is 1. The first kappa shape index (κ1) is 28.7. The van der Waals surface area contributed by atoms with Crippen LogP contribution in [-0.2, 0) is 9.53 Å². The maximum Gasteiger partial charge on any atom is 0.407 e. The second-order valence-corrected chi connectivity index (χ2v) is 9.01. The monoisotopic (exact) mass is 539 g/mol. The van der Waals surface area contributed by atoms with Crippen molar-refractivity contribution in [3.05, 3.63) is 0 Å². The van der Waals surface area contributed by atoms with Gasteiger partial charge in [0.2, 0.25) is 5.91 Å². The van der Waals surface area contributed by atoms with E-state index < -0.39 is 5.60 Å². The van der Waals surface area contributed by atoms with Crippen molar-refractivity contribution < 1.29 is 14.3 Å². The highest BCUT2D eigenvalue weighted by atomic mass is 127. The molecular formula is C21H42IN5O3. The highest BCUT2D eigenvalue weighted by molar-refractivity contribution is 14.0. The standard InChI is InChI=1S/C21H41N5O3.HI/c1-8-22-19(24-13-12-23-18(27)16-9-10-16)26(7)14-11-17(15(2)3)25-20(28)29-21(4,5)6;/h15-17H,8-14H2,1-7H3,(H,22,24)(H,23,27)(H,25,28);1H. The van der Waals surface area contributed by atoms with Crippen LogP contribution in [0, 0.1) is 11.8 Å². The minimum atomic E-state index is -0.512. The number of amides is 2. The van der Waals surface area contributed by atoms with Gasteiger partial charge in [0, 0.05) is 38.6 Å². The van der Waals surface area contributed by atoms with Crippen LogP contribution in [0.5, 0.6) is 0 Å². The van der Waals surface area contributed by atoms with Crippen molar-refractivity contribution in [2.24, 2.45) is 16.8 Å². The van der Waals surface area contributed by atoms with Gasteiger partial charge >= 0.3 is 6.09 Å². The number of carbonyl (C=O) groups excluding carboxylic acids is 2. The fourth-order valence-electron chi connectivity index (χ4n) is 2.77. The van der Waals surface area contributed by atoms with Gasteiger partial charge in [-0.2, -0.15) is 0 Å². The SMILES string of the molecule is CCNC(=NCCNC(=O)C1CC1)N(C)CCC(NC(=O)OC(C)(C)C)C(C)C.I. The highest BCUT2D eigenvalue weighted by Gasteiger charge is 2.29. The van der Waals surface area contributed by atoms with Crippen LogP contribution in [0.2, 0.25) is 0 Å². The lowest BCUT2D eigenvalue weighted by Crippen LogP contribution is -2.45. The van der Waals surface area contributed by atoms with Gasteiger partial charge in [-0.1, -0.05) is 13.8 Å². The zero-order chi connectivity index (χ0) is 22.0. The maximum atomic E-state index is 12.1. The Morgan fingerprint density at radius 1 is 1.20 bits per heavy atom. The Labute approximate surface area is 199 Å². The molecule has 0 aliphatic heterocycles.